The number of anilines is 1. The maximum absolute atomic E-state index is 12.4. The van der Waals surface area contributed by atoms with E-state index in [9.17, 15) is 9.59 Å². The van der Waals surface area contributed by atoms with E-state index < -0.39 is 5.97 Å². The molecule has 0 unspecified atom stereocenters. The highest BCUT2D eigenvalue weighted by Gasteiger charge is 2.26. The molecular weight excluding hydrogens is 406 g/mol. The molecule has 1 aliphatic rings. The van der Waals surface area contributed by atoms with Gasteiger partial charge in [0, 0.05) is 12.1 Å². The standard InChI is InChI=1S/C25H25N3O4/c1-31-22-9-8-20-16-19(5-7-21(20)17-22)6-10-25(30)32-18-24(29)28-14-12-27(13-15-28)23-4-2-3-11-26-23/h2-11,16-17H,12-15,18H2,1H3/p+1. The summed E-state index contributed by atoms with van der Waals surface area (Å²) in [4.78, 5) is 31.6. The molecule has 0 atom stereocenters. The topological polar surface area (TPSA) is 73.2 Å². The van der Waals surface area contributed by atoms with Crippen molar-refractivity contribution in [3.63, 3.8) is 0 Å². The van der Waals surface area contributed by atoms with Crippen LogP contribution in [0.1, 0.15) is 5.56 Å². The van der Waals surface area contributed by atoms with Crippen LogP contribution in [0.15, 0.2) is 66.9 Å². The number of aromatic nitrogens is 1. The van der Waals surface area contributed by atoms with Gasteiger partial charge in [-0.25, -0.2) is 9.78 Å². The minimum absolute atomic E-state index is 0.178. The Bertz CT molecular complexity index is 1120. The first kappa shape index (κ1) is 21.4. The van der Waals surface area contributed by atoms with E-state index in [0.29, 0.717) is 13.1 Å². The fourth-order valence-corrected chi connectivity index (χ4v) is 3.69. The minimum atomic E-state index is -0.536. The number of pyridine rings is 1. The second-order valence-corrected chi connectivity index (χ2v) is 7.53. The molecule has 0 spiro atoms. The molecule has 1 saturated heterocycles. The second kappa shape index (κ2) is 9.96. The van der Waals surface area contributed by atoms with Crippen molar-refractivity contribution in [3.8, 4) is 5.75 Å². The zero-order chi connectivity index (χ0) is 22.3. The van der Waals surface area contributed by atoms with Gasteiger partial charge in [0.05, 0.1) is 26.4 Å². The number of nitrogens with zero attached hydrogens (tertiary/aromatic N) is 2. The molecule has 2 heterocycles. The molecule has 2 aromatic carbocycles. The number of methoxy groups -OCH3 is 1. The summed E-state index contributed by atoms with van der Waals surface area (Å²) in [6.45, 7) is 2.40. The van der Waals surface area contributed by atoms with Gasteiger partial charge in [0.15, 0.2) is 6.61 Å². The Hall–Kier alpha value is -3.87. The van der Waals surface area contributed by atoms with Crippen LogP contribution in [0.4, 0.5) is 5.82 Å². The summed E-state index contributed by atoms with van der Waals surface area (Å²) in [5, 5.41) is 2.10. The number of nitrogens with one attached hydrogen (secondary N) is 1. The number of carbonyl (C=O) groups is 2. The number of aromatic amines is 1. The van der Waals surface area contributed by atoms with Gasteiger partial charge >= 0.3 is 5.97 Å². The van der Waals surface area contributed by atoms with Crippen LogP contribution in [0.2, 0.25) is 0 Å². The fraction of sp³-hybridized carbons (Fsp3) is 0.240. The van der Waals surface area contributed by atoms with Crippen LogP contribution in [-0.2, 0) is 14.3 Å². The first-order valence-corrected chi connectivity index (χ1v) is 10.5. The molecule has 0 bridgehead atoms. The summed E-state index contributed by atoms with van der Waals surface area (Å²) in [6.07, 6.45) is 4.92. The van der Waals surface area contributed by atoms with Crippen molar-refractivity contribution in [3.05, 3.63) is 72.4 Å². The average Bonchev–Trinajstić information content (AvgIpc) is 2.86. The number of hydrogen-bond donors (Lipinski definition) is 0. The van der Waals surface area contributed by atoms with Crippen molar-refractivity contribution in [2.45, 2.75) is 0 Å². The maximum atomic E-state index is 12.4. The maximum Gasteiger partial charge on any atom is 0.331 e. The number of amides is 1. The second-order valence-electron chi connectivity index (χ2n) is 7.53. The van der Waals surface area contributed by atoms with Crippen molar-refractivity contribution in [2.24, 2.45) is 0 Å². The highest BCUT2D eigenvalue weighted by atomic mass is 16.5. The lowest BCUT2D eigenvalue weighted by Gasteiger charge is -2.30. The van der Waals surface area contributed by atoms with E-state index in [-0.39, 0.29) is 12.5 Å². The largest absolute Gasteiger partial charge is 0.497 e. The van der Waals surface area contributed by atoms with E-state index in [4.69, 9.17) is 9.47 Å². The van der Waals surface area contributed by atoms with Crippen LogP contribution in [0, 0.1) is 0 Å². The molecule has 1 amide bonds. The van der Waals surface area contributed by atoms with Crippen LogP contribution < -0.4 is 14.6 Å². The van der Waals surface area contributed by atoms with Crippen LogP contribution in [0.25, 0.3) is 16.8 Å². The first-order valence-electron chi connectivity index (χ1n) is 10.5. The number of carbonyl (C=O) groups excluding carboxylic acids is 2. The van der Waals surface area contributed by atoms with Crippen molar-refractivity contribution in [1.29, 1.82) is 0 Å². The average molecular weight is 433 g/mol. The van der Waals surface area contributed by atoms with Gasteiger partial charge < -0.3 is 14.4 Å². The first-order chi connectivity index (χ1) is 15.6. The van der Waals surface area contributed by atoms with Crippen LogP contribution in [0.3, 0.4) is 0 Å². The molecular formula is C25H26N3O4+. The Morgan fingerprint density at radius 2 is 1.78 bits per heavy atom. The number of rotatable bonds is 6. The molecule has 1 aliphatic heterocycles. The monoisotopic (exact) mass is 432 g/mol. The molecule has 1 aromatic heterocycles. The molecule has 1 fully saturated rings. The van der Waals surface area contributed by atoms with Crippen molar-refractivity contribution >= 4 is 34.5 Å². The normalized spacial score (nSPS) is 14.0. The number of hydrogen-bond acceptors (Lipinski definition) is 5. The number of benzene rings is 2. The van der Waals surface area contributed by atoms with Gasteiger partial charge in [-0.05, 0) is 46.7 Å². The molecule has 164 valence electrons. The molecule has 3 aromatic rings. The van der Waals surface area contributed by atoms with Gasteiger partial charge in [0.1, 0.15) is 18.8 Å². The van der Waals surface area contributed by atoms with Crippen LogP contribution in [-0.4, -0.2) is 56.7 Å². The van der Waals surface area contributed by atoms with Crippen molar-refractivity contribution in [1.82, 2.24) is 4.90 Å². The number of piperazine rings is 1. The summed E-state index contributed by atoms with van der Waals surface area (Å²) >= 11 is 0. The lowest BCUT2D eigenvalue weighted by molar-refractivity contribution is -0.364. The Labute approximate surface area is 186 Å². The Morgan fingerprint density at radius 1 is 1.00 bits per heavy atom. The Kier molecular flexibility index (Phi) is 6.65. The Balaban J connectivity index is 1.25. The van der Waals surface area contributed by atoms with E-state index in [1.54, 1.807) is 18.1 Å². The van der Waals surface area contributed by atoms with Gasteiger partial charge in [-0.2, -0.15) is 0 Å². The smallest absolute Gasteiger partial charge is 0.331 e. The minimum Gasteiger partial charge on any atom is -0.497 e. The quantitative estimate of drug-likeness (QED) is 0.442. The van der Waals surface area contributed by atoms with Gasteiger partial charge in [-0.3, -0.25) is 9.69 Å². The van der Waals surface area contributed by atoms with E-state index in [0.717, 1.165) is 41.0 Å². The lowest BCUT2D eigenvalue weighted by atomic mass is 10.1. The van der Waals surface area contributed by atoms with Gasteiger partial charge in [-0.15, -0.1) is 0 Å². The summed E-state index contributed by atoms with van der Waals surface area (Å²) in [5.74, 6) is 1.12. The van der Waals surface area contributed by atoms with E-state index in [2.05, 4.69) is 9.88 Å². The van der Waals surface area contributed by atoms with Crippen molar-refractivity contribution < 1.29 is 24.0 Å². The van der Waals surface area contributed by atoms with E-state index in [1.165, 1.54) is 6.08 Å². The number of esters is 1. The molecule has 32 heavy (non-hydrogen) atoms. The summed E-state index contributed by atoms with van der Waals surface area (Å²) < 4.78 is 10.4. The van der Waals surface area contributed by atoms with Crippen LogP contribution in [0.5, 0.6) is 5.75 Å². The summed E-state index contributed by atoms with van der Waals surface area (Å²) in [7, 11) is 1.64. The molecule has 4 rings (SSSR count). The summed E-state index contributed by atoms with van der Waals surface area (Å²) in [5.41, 5.74) is 0.875. The third-order valence-electron chi connectivity index (χ3n) is 5.49. The Morgan fingerprint density at radius 3 is 2.53 bits per heavy atom. The zero-order valence-corrected chi connectivity index (χ0v) is 18.0. The molecule has 7 nitrogen and oxygen atoms in total. The predicted octanol–water partition coefficient (Wildman–Crippen LogP) is 2.57. The number of H-pyrrole nitrogens is 1. The highest BCUT2D eigenvalue weighted by molar-refractivity contribution is 5.91. The third-order valence-corrected chi connectivity index (χ3v) is 5.49. The highest BCUT2D eigenvalue weighted by Crippen LogP contribution is 2.22. The predicted molar refractivity (Wildman–Crippen MR) is 122 cm³/mol. The zero-order valence-electron chi connectivity index (χ0n) is 18.0. The van der Waals surface area contributed by atoms with Gasteiger partial charge in [0.25, 0.3) is 11.7 Å². The van der Waals surface area contributed by atoms with Gasteiger partial charge in [-0.1, -0.05) is 24.3 Å². The lowest BCUT2D eigenvalue weighted by Crippen LogP contribution is -2.51. The van der Waals surface area contributed by atoms with E-state index >= 15 is 0 Å². The molecule has 0 aliphatic carbocycles. The number of ether oxygens (including phenoxy) is 2. The van der Waals surface area contributed by atoms with Crippen molar-refractivity contribution in [2.75, 3.05) is 44.8 Å². The SMILES string of the molecule is COc1ccc2cc(C=CC(=O)OCC(=O)N3CCN(c4cccc[nH+]4)CC3)ccc2c1. The molecule has 0 radical (unpaired) electrons. The van der Waals surface area contributed by atoms with E-state index in [1.807, 2.05) is 60.8 Å². The molecule has 7 heteroatoms. The molecule has 1 N–H and O–H groups in total. The van der Waals surface area contributed by atoms with Gasteiger partial charge in [0.2, 0.25) is 0 Å². The van der Waals surface area contributed by atoms with Crippen LogP contribution >= 0.6 is 0 Å². The summed E-state index contributed by atoms with van der Waals surface area (Å²) in [6, 6.07) is 17.6. The number of fused-ring (bicyclic) bond motifs is 1. The fourth-order valence-electron chi connectivity index (χ4n) is 3.69. The molecule has 0 saturated carbocycles. The third kappa shape index (κ3) is 5.24.